The number of hydrogen-bond acceptors (Lipinski definition) is 6. The van der Waals surface area contributed by atoms with Gasteiger partial charge in [-0.15, -0.1) is 0 Å². The number of hydrogen-bond donors (Lipinski definition) is 0. The average Bonchev–Trinajstić information content (AvgIpc) is 3.12. The van der Waals surface area contributed by atoms with E-state index in [1.807, 2.05) is 37.3 Å². The van der Waals surface area contributed by atoms with Crippen LogP contribution in [0.5, 0.6) is 5.75 Å². The Bertz CT molecular complexity index is 888. The topological polar surface area (TPSA) is 81.3 Å². The summed E-state index contributed by atoms with van der Waals surface area (Å²) >= 11 is 0. The SMILES string of the molecule is COc1ccc(C2=NN(C(=O)COC(=O)[C@H]3C[C@H]3C)[C@H](c3ccco3)C2)cc1. The number of hydrazone groups is 1. The van der Waals surface area contributed by atoms with E-state index < -0.39 is 0 Å². The highest BCUT2D eigenvalue weighted by molar-refractivity contribution is 6.03. The van der Waals surface area contributed by atoms with Gasteiger partial charge < -0.3 is 13.9 Å². The van der Waals surface area contributed by atoms with Gasteiger partial charge in [-0.05, 0) is 54.3 Å². The fourth-order valence-electron chi connectivity index (χ4n) is 3.36. The summed E-state index contributed by atoms with van der Waals surface area (Å²) in [6.07, 6.45) is 2.91. The summed E-state index contributed by atoms with van der Waals surface area (Å²) in [5, 5.41) is 5.88. The van der Waals surface area contributed by atoms with Gasteiger partial charge in [0.2, 0.25) is 0 Å². The number of methoxy groups -OCH3 is 1. The van der Waals surface area contributed by atoms with Crippen LogP contribution in [0.3, 0.4) is 0 Å². The summed E-state index contributed by atoms with van der Waals surface area (Å²) in [6, 6.07) is 10.7. The van der Waals surface area contributed by atoms with Crippen LogP contribution in [-0.2, 0) is 14.3 Å². The van der Waals surface area contributed by atoms with Crippen molar-refractivity contribution in [1.82, 2.24) is 5.01 Å². The van der Waals surface area contributed by atoms with Crippen LogP contribution < -0.4 is 4.74 Å². The van der Waals surface area contributed by atoms with Gasteiger partial charge in [-0.2, -0.15) is 5.10 Å². The number of amides is 1. The third-order valence-corrected chi connectivity index (χ3v) is 5.21. The maximum absolute atomic E-state index is 12.7. The van der Waals surface area contributed by atoms with Crippen LogP contribution >= 0.6 is 0 Å². The second-order valence-electron chi connectivity index (χ2n) is 7.18. The van der Waals surface area contributed by atoms with Gasteiger partial charge in [-0.1, -0.05) is 6.92 Å². The monoisotopic (exact) mass is 382 g/mol. The smallest absolute Gasteiger partial charge is 0.309 e. The quantitative estimate of drug-likeness (QED) is 0.717. The minimum Gasteiger partial charge on any atom is -0.497 e. The number of esters is 1. The van der Waals surface area contributed by atoms with E-state index in [2.05, 4.69) is 5.10 Å². The maximum Gasteiger partial charge on any atom is 0.309 e. The lowest BCUT2D eigenvalue weighted by Gasteiger charge is -2.19. The molecule has 2 heterocycles. The zero-order valence-electron chi connectivity index (χ0n) is 15.8. The molecule has 1 aliphatic carbocycles. The normalized spacial score (nSPS) is 23.3. The van der Waals surface area contributed by atoms with Crippen molar-refractivity contribution in [2.75, 3.05) is 13.7 Å². The summed E-state index contributed by atoms with van der Waals surface area (Å²) in [4.78, 5) is 24.7. The summed E-state index contributed by atoms with van der Waals surface area (Å²) in [5.74, 6) is 0.970. The molecule has 0 unspecified atom stereocenters. The molecule has 3 atom stereocenters. The Balaban J connectivity index is 1.51. The molecule has 2 aliphatic rings. The second kappa shape index (κ2) is 7.50. The summed E-state index contributed by atoms with van der Waals surface area (Å²) in [5.41, 5.74) is 1.66. The number of furan rings is 1. The summed E-state index contributed by atoms with van der Waals surface area (Å²) in [6.45, 7) is 1.67. The van der Waals surface area contributed by atoms with Crippen LogP contribution in [0.25, 0.3) is 0 Å². The van der Waals surface area contributed by atoms with Gasteiger partial charge in [0.15, 0.2) is 6.61 Å². The molecule has 1 aromatic heterocycles. The Morgan fingerprint density at radius 1 is 1.25 bits per heavy atom. The number of benzene rings is 1. The van der Waals surface area contributed by atoms with Crippen LogP contribution in [-0.4, -0.2) is 36.3 Å². The van der Waals surface area contributed by atoms with E-state index in [4.69, 9.17) is 13.9 Å². The number of carbonyl (C=O) groups is 2. The highest BCUT2D eigenvalue weighted by Gasteiger charge is 2.41. The van der Waals surface area contributed by atoms with Gasteiger partial charge in [0, 0.05) is 6.42 Å². The van der Waals surface area contributed by atoms with Crippen molar-refractivity contribution >= 4 is 17.6 Å². The Hall–Kier alpha value is -3.09. The zero-order valence-corrected chi connectivity index (χ0v) is 15.8. The molecule has 7 heteroatoms. The Labute approximate surface area is 162 Å². The molecule has 28 heavy (non-hydrogen) atoms. The average molecular weight is 382 g/mol. The highest BCUT2D eigenvalue weighted by Crippen LogP contribution is 2.39. The molecule has 0 bridgehead atoms. The van der Waals surface area contributed by atoms with Crippen LogP contribution in [0.1, 0.15) is 37.1 Å². The van der Waals surface area contributed by atoms with Crippen LogP contribution in [0.2, 0.25) is 0 Å². The van der Waals surface area contributed by atoms with Crippen molar-refractivity contribution in [3.8, 4) is 5.75 Å². The molecule has 7 nitrogen and oxygen atoms in total. The van der Waals surface area contributed by atoms with Crippen molar-refractivity contribution in [3.05, 3.63) is 54.0 Å². The molecule has 146 valence electrons. The molecule has 2 aromatic rings. The van der Waals surface area contributed by atoms with Gasteiger partial charge in [0.25, 0.3) is 5.91 Å². The Morgan fingerprint density at radius 3 is 2.61 bits per heavy atom. The predicted molar refractivity (Wildman–Crippen MR) is 101 cm³/mol. The first-order valence-corrected chi connectivity index (χ1v) is 9.31. The molecule has 1 aromatic carbocycles. The maximum atomic E-state index is 12.7. The first kappa shape index (κ1) is 18.3. The van der Waals surface area contributed by atoms with E-state index in [9.17, 15) is 9.59 Å². The van der Waals surface area contributed by atoms with Crippen molar-refractivity contribution in [3.63, 3.8) is 0 Å². The first-order valence-electron chi connectivity index (χ1n) is 9.31. The minimum absolute atomic E-state index is 0.0781. The molecule has 0 saturated heterocycles. The molecular formula is C21H22N2O5. The molecule has 1 aliphatic heterocycles. The van der Waals surface area contributed by atoms with Gasteiger partial charge >= 0.3 is 5.97 Å². The number of nitrogens with zero attached hydrogens (tertiary/aromatic N) is 2. The highest BCUT2D eigenvalue weighted by atomic mass is 16.5. The lowest BCUT2D eigenvalue weighted by atomic mass is 10.0. The number of ether oxygens (including phenoxy) is 2. The minimum atomic E-state index is -0.369. The van der Waals surface area contributed by atoms with Crippen molar-refractivity contribution in [2.45, 2.75) is 25.8 Å². The van der Waals surface area contributed by atoms with Gasteiger partial charge in [0.1, 0.15) is 17.6 Å². The molecule has 0 radical (unpaired) electrons. The third kappa shape index (κ3) is 3.65. The number of carbonyl (C=O) groups excluding carboxylic acids is 2. The van der Waals surface area contributed by atoms with E-state index in [1.54, 1.807) is 19.4 Å². The van der Waals surface area contributed by atoms with Crippen LogP contribution in [0.15, 0.2) is 52.2 Å². The predicted octanol–water partition coefficient (Wildman–Crippen LogP) is 3.17. The number of rotatable bonds is 6. The van der Waals surface area contributed by atoms with E-state index in [0.717, 1.165) is 23.4 Å². The lowest BCUT2D eigenvalue weighted by molar-refractivity contribution is -0.154. The third-order valence-electron chi connectivity index (χ3n) is 5.21. The molecule has 4 rings (SSSR count). The van der Waals surface area contributed by atoms with E-state index in [-0.39, 0.29) is 30.4 Å². The van der Waals surface area contributed by atoms with E-state index in [1.165, 1.54) is 5.01 Å². The second-order valence-corrected chi connectivity index (χ2v) is 7.18. The van der Waals surface area contributed by atoms with Crippen molar-refractivity contribution in [1.29, 1.82) is 0 Å². The molecular weight excluding hydrogens is 360 g/mol. The van der Waals surface area contributed by atoms with Gasteiger partial charge in [0.05, 0.1) is 25.0 Å². The first-order chi connectivity index (χ1) is 13.6. The molecule has 1 fully saturated rings. The fraction of sp³-hybridized carbons (Fsp3) is 0.381. The van der Waals surface area contributed by atoms with E-state index in [0.29, 0.717) is 18.1 Å². The van der Waals surface area contributed by atoms with Crippen LogP contribution in [0, 0.1) is 11.8 Å². The lowest BCUT2D eigenvalue weighted by Crippen LogP contribution is -2.31. The fourth-order valence-corrected chi connectivity index (χ4v) is 3.36. The Kier molecular flexibility index (Phi) is 4.90. The van der Waals surface area contributed by atoms with Gasteiger partial charge in [-0.3, -0.25) is 9.59 Å². The molecule has 0 N–H and O–H groups in total. The summed E-state index contributed by atoms with van der Waals surface area (Å²) in [7, 11) is 1.61. The van der Waals surface area contributed by atoms with Crippen molar-refractivity contribution < 1.29 is 23.5 Å². The van der Waals surface area contributed by atoms with Gasteiger partial charge in [-0.25, -0.2) is 5.01 Å². The standard InChI is InChI=1S/C21H22N2O5/c1-13-10-16(13)21(25)28-12-20(24)23-18(19-4-3-9-27-19)11-17(22-23)14-5-7-15(26-2)8-6-14/h3-9,13,16,18H,10-12H2,1-2H3/t13-,16+,18+/m1/s1. The van der Waals surface area contributed by atoms with Crippen molar-refractivity contribution in [2.24, 2.45) is 16.9 Å². The Morgan fingerprint density at radius 2 is 2.00 bits per heavy atom. The van der Waals surface area contributed by atoms with Crippen LogP contribution in [0.4, 0.5) is 0 Å². The molecule has 1 amide bonds. The molecule has 1 saturated carbocycles. The van der Waals surface area contributed by atoms with E-state index >= 15 is 0 Å². The molecule has 0 spiro atoms. The zero-order chi connectivity index (χ0) is 19.7. The summed E-state index contributed by atoms with van der Waals surface area (Å²) < 4.78 is 15.9. The largest absolute Gasteiger partial charge is 0.497 e.